The molecule has 0 spiro atoms. The molecule has 2 aliphatic carbocycles. The van der Waals surface area contributed by atoms with Crippen molar-refractivity contribution in [2.24, 2.45) is 11.8 Å². The van der Waals surface area contributed by atoms with E-state index in [1.54, 1.807) is 0 Å². The molecule has 0 aromatic heterocycles. The summed E-state index contributed by atoms with van der Waals surface area (Å²) in [5.74, 6) is 1.96. The Bertz CT molecular complexity index is 346. The minimum absolute atomic E-state index is 0.741. The molecule has 2 aliphatic rings. The molecule has 2 fully saturated rings. The standard InChI is InChI=1S/C13H16BrN/c14-11-3-5-12(6-4-11)15-13-8-9-1-2-10(13)7-9/h3-6,9-10,13,15H,1-2,7-8H2. The van der Waals surface area contributed by atoms with E-state index in [1.165, 1.54) is 31.4 Å². The molecule has 1 aromatic carbocycles. The van der Waals surface area contributed by atoms with E-state index < -0.39 is 0 Å². The van der Waals surface area contributed by atoms with Crippen LogP contribution in [0.2, 0.25) is 0 Å². The number of nitrogens with one attached hydrogen (secondary N) is 1. The van der Waals surface area contributed by atoms with Crippen molar-refractivity contribution in [1.29, 1.82) is 0 Å². The van der Waals surface area contributed by atoms with Crippen LogP contribution in [0, 0.1) is 11.8 Å². The molecule has 0 radical (unpaired) electrons. The second-order valence-electron chi connectivity index (χ2n) is 4.93. The van der Waals surface area contributed by atoms with Gasteiger partial charge < -0.3 is 5.32 Å². The van der Waals surface area contributed by atoms with Gasteiger partial charge in [0.25, 0.3) is 0 Å². The molecule has 0 heterocycles. The number of hydrogen-bond donors (Lipinski definition) is 1. The highest BCUT2D eigenvalue weighted by molar-refractivity contribution is 9.10. The Morgan fingerprint density at radius 3 is 2.47 bits per heavy atom. The van der Waals surface area contributed by atoms with Gasteiger partial charge in [0.05, 0.1) is 0 Å². The van der Waals surface area contributed by atoms with Crippen molar-refractivity contribution < 1.29 is 0 Å². The van der Waals surface area contributed by atoms with Crippen LogP contribution in [0.15, 0.2) is 28.7 Å². The van der Waals surface area contributed by atoms with Gasteiger partial charge in [-0.1, -0.05) is 22.4 Å². The molecule has 2 heteroatoms. The molecular formula is C13H16BrN. The minimum atomic E-state index is 0.741. The van der Waals surface area contributed by atoms with Crippen LogP contribution in [0.3, 0.4) is 0 Å². The third-order valence-corrected chi connectivity index (χ3v) is 4.46. The molecule has 3 unspecified atom stereocenters. The van der Waals surface area contributed by atoms with E-state index >= 15 is 0 Å². The lowest BCUT2D eigenvalue weighted by Crippen LogP contribution is -2.25. The molecule has 15 heavy (non-hydrogen) atoms. The highest BCUT2D eigenvalue weighted by atomic mass is 79.9. The molecule has 1 N–H and O–H groups in total. The molecular weight excluding hydrogens is 250 g/mol. The number of halogens is 1. The first-order valence-corrected chi connectivity index (χ1v) is 6.62. The Morgan fingerprint density at radius 2 is 1.87 bits per heavy atom. The van der Waals surface area contributed by atoms with Crippen molar-refractivity contribution in [3.05, 3.63) is 28.7 Å². The Labute approximate surface area is 99.4 Å². The van der Waals surface area contributed by atoms with Crippen molar-refractivity contribution in [3.63, 3.8) is 0 Å². The van der Waals surface area contributed by atoms with Crippen LogP contribution in [0.25, 0.3) is 0 Å². The van der Waals surface area contributed by atoms with Gasteiger partial charge in [-0.25, -0.2) is 0 Å². The summed E-state index contributed by atoms with van der Waals surface area (Å²) in [5, 5.41) is 3.68. The smallest absolute Gasteiger partial charge is 0.0343 e. The first-order valence-electron chi connectivity index (χ1n) is 5.83. The van der Waals surface area contributed by atoms with E-state index in [4.69, 9.17) is 0 Å². The predicted molar refractivity (Wildman–Crippen MR) is 67.0 cm³/mol. The van der Waals surface area contributed by atoms with Crippen LogP contribution in [0.5, 0.6) is 0 Å². The van der Waals surface area contributed by atoms with Gasteiger partial charge in [0.15, 0.2) is 0 Å². The van der Waals surface area contributed by atoms with Crippen LogP contribution in [-0.4, -0.2) is 6.04 Å². The zero-order valence-corrected chi connectivity index (χ0v) is 10.3. The Balaban J connectivity index is 1.68. The topological polar surface area (TPSA) is 12.0 Å². The number of rotatable bonds is 2. The lowest BCUT2D eigenvalue weighted by atomic mass is 9.95. The molecule has 3 rings (SSSR count). The van der Waals surface area contributed by atoms with Crippen molar-refractivity contribution in [3.8, 4) is 0 Å². The Hall–Kier alpha value is -0.500. The highest BCUT2D eigenvalue weighted by Crippen LogP contribution is 2.45. The van der Waals surface area contributed by atoms with Crippen LogP contribution in [0.1, 0.15) is 25.7 Å². The summed E-state index contributed by atoms with van der Waals surface area (Å²) in [6.07, 6.45) is 5.77. The average Bonchev–Trinajstić information content (AvgIpc) is 2.83. The van der Waals surface area contributed by atoms with Crippen LogP contribution in [0.4, 0.5) is 5.69 Å². The lowest BCUT2D eigenvalue weighted by Gasteiger charge is -2.24. The molecule has 1 nitrogen and oxygen atoms in total. The first-order chi connectivity index (χ1) is 7.31. The molecule has 0 amide bonds. The normalized spacial score (nSPS) is 33.3. The van der Waals surface area contributed by atoms with Gasteiger partial charge in [0, 0.05) is 16.2 Å². The summed E-state index contributed by atoms with van der Waals surface area (Å²) in [4.78, 5) is 0. The van der Waals surface area contributed by atoms with Crippen molar-refractivity contribution >= 4 is 21.6 Å². The molecule has 2 bridgehead atoms. The number of fused-ring (bicyclic) bond motifs is 2. The Kier molecular flexibility index (Phi) is 2.47. The summed E-state index contributed by atoms with van der Waals surface area (Å²) in [6, 6.07) is 9.28. The van der Waals surface area contributed by atoms with E-state index in [2.05, 4.69) is 45.5 Å². The second kappa shape index (κ2) is 3.82. The van der Waals surface area contributed by atoms with E-state index in [-0.39, 0.29) is 0 Å². The fraction of sp³-hybridized carbons (Fsp3) is 0.538. The van der Waals surface area contributed by atoms with Crippen LogP contribution < -0.4 is 5.32 Å². The third kappa shape index (κ3) is 1.92. The van der Waals surface area contributed by atoms with E-state index in [1.807, 2.05) is 0 Å². The summed E-state index contributed by atoms with van der Waals surface area (Å²) in [6.45, 7) is 0. The first kappa shape index (κ1) is 9.71. The Morgan fingerprint density at radius 1 is 1.07 bits per heavy atom. The van der Waals surface area contributed by atoms with E-state index in [0.717, 1.165) is 22.4 Å². The van der Waals surface area contributed by atoms with Crippen molar-refractivity contribution in [2.45, 2.75) is 31.7 Å². The maximum atomic E-state index is 3.68. The number of hydrogen-bond acceptors (Lipinski definition) is 1. The average molecular weight is 266 g/mol. The minimum Gasteiger partial charge on any atom is -0.382 e. The monoisotopic (exact) mass is 265 g/mol. The lowest BCUT2D eigenvalue weighted by molar-refractivity contribution is 0.440. The zero-order valence-electron chi connectivity index (χ0n) is 8.75. The number of anilines is 1. The summed E-state index contributed by atoms with van der Waals surface area (Å²) in [7, 11) is 0. The summed E-state index contributed by atoms with van der Waals surface area (Å²) < 4.78 is 1.15. The van der Waals surface area contributed by atoms with Crippen LogP contribution >= 0.6 is 15.9 Å². The molecule has 3 atom stereocenters. The van der Waals surface area contributed by atoms with Crippen molar-refractivity contribution in [1.82, 2.24) is 0 Å². The van der Waals surface area contributed by atoms with Gasteiger partial charge in [-0.15, -0.1) is 0 Å². The maximum absolute atomic E-state index is 3.68. The van der Waals surface area contributed by atoms with Gasteiger partial charge >= 0.3 is 0 Å². The molecule has 2 saturated carbocycles. The maximum Gasteiger partial charge on any atom is 0.0343 e. The molecule has 0 aliphatic heterocycles. The molecule has 0 saturated heterocycles. The van der Waals surface area contributed by atoms with Gasteiger partial charge in [-0.2, -0.15) is 0 Å². The van der Waals surface area contributed by atoms with Crippen LogP contribution in [-0.2, 0) is 0 Å². The van der Waals surface area contributed by atoms with Gasteiger partial charge in [-0.3, -0.25) is 0 Å². The molecule has 80 valence electrons. The highest BCUT2D eigenvalue weighted by Gasteiger charge is 2.39. The van der Waals surface area contributed by atoms with E-state index in [0.29, 0.717) is 0 Å². The zero-order chi connectivity index (χ0) is 10.3. The quantitative estimate of drug-likeness (QED) is 0.851. The fourth-order valence-electron chi connectivity index (χ4n) is 3.18. The summed E-state index contributed by atoms with van der Waals surface area (Å²) >= 11 is 3.46. The van der Waals surface area contributed by atoms with Gasteiger partial charge in [0.1, 0.15) is 0 Å². The van der Waals surface area contributed by atoms with Gasteiger partial charge in [0.2, 0.25) is 0 Å². The predicted octanol–water partition coefficient (Wildman–Crippen LogP) is 4.05. The van der Waals surface area contributed by atoms with Gasteiger partial charge in [-0.05, 0) is 55.4 Å². The summed E-state index contributed by atoms with van der Waals surface area (Å²) in [5.41, 5.74) is 1.27. The van der Waals surface area contributed by atoms with E-state index in [9.17, 15) is 0 Å². The second-order valence-corrected chi connectivity index (χ2v) is 5.85. The largest absolute Gasteiger partial charge is 0.382 e. The molecule has 1 aromatic rings. The van der Waals surface area contributed by atoms with Crippen molar-refractivity contribution in [2.75, 3.05) is 5.32 Å². The number of benzene rings is 1. The SMILES string of the molecule is Brc1ccc(NC2CC3CCC2C3)cc1. The fourth-order valence-corrected chi connectivity index (χ4v) is 3.45. The third-order valence-electron chi connectivity index (χ3n) is 3.93.